The van der Waals surface area contributed by atoms with Gasteiger partial charge in [-0.25, -0.2) is 0 Å². The predicted octanol–water partition coefficient (Wildman–Crippen LogP) is 2.64. The molecule has 19 heavy (non-hydrogen) atoms. The average molecular weight is 284 g/mol. The Morgan fingerprint density at radius 1 is 1.26 bits per heavy atom. The molecule has 1 spiro atoms. The number of amides is 1. The van der Waals surface area contributed by atoms with Crippen molar-refractivity contribution in [2.45, 2.75) is 57.4 Å². The number of rotatable bonds is 4. The monoisotopic (exact) mass is 284 g/mol. The summed E-state index contributed by atoms with van der Waals surface area (Å²) in [4.78, 5) is 14.5. The molecule has 0 unspecified atom stereocenters. The van der Waals surface area contributed by atoms with Gasteiger partial charge in [-0.3, -0.25) is 4.79 Å². The summed E-state index contributed by atoms with van der Waals surface area (Å²) in [6.45, 7) is 1.90. The first kappa shape index (κ1) is 15.2. The molecule has 0 aromatic heterocycles. The lowest BCUT2D eigenvalue weighted by Gasteiger charge is -2.45. The molecular weight excluding hydrogens is 256 g/mol. The molecule has 1 saturated carbocycles. The third-order valence-electron chi connectivity index (χ3n) is 4.84. The number of carbonyl (C=O) groups excluding carboxylic acids is 1. The van der Waals surface area contributed by atoms with Crippen LogP contribution in [0.15, 0.2) is 0 Å². The van der Waals surface area contributed by atoms with Crippen molar-refractivity contribution in [1.82, 2.24) is 4.90 Å². The Bertz CT molecular complexity index is 297. The van der Waals surface area contributed by atoms with E-state index in [-0.39, 0.29) is 11.9 Å². The van der Waals surface area contributed by atoms with Gasteiger partial charge in [0.05, 0.1) is 6.04 Å². The van der Waals surface area contributed by atoms with Gasteiger partial charge in [0.1, 0.15) is 0 Å². The van der Waals surface area contributed by atoms with Gasteiger partial charge in [-0.2, -0.15) is 11.8 Å². The lowest BCUT2D eigenvalue weighted by atomic mass is 9.69. The number of thioether (sulfide) groups is 1. The third-order valence-corrected chi connectivity index (χ3v) is 5.48. The van der Waals surface area contributed by atoms with Crippen LogP contribution in [0.25, 0.3) is 0 Å². The molecule has 0 radical (unpaired) electrons. The molecule has 1 atom stereocenters. The van der Waals surface area contributed by atoms with Crippen LogP contribution in [0.1, 0.15) is 51.4 Å². The van der Waals surface area contributed by atoms with Gasteiger partial charge in [-0.15, -0.1) is 0 Å². The number of nitrogens with zero attached hydrogens (tertiary/aromatic N) is 1. The lowest BCUT2D eigenvalue weighted by molar-refractivity contribution is -0.136. The van der Waals surface area contributed by atoms with Crippen molar-refractivity contribution in [3.8, 4) is 0 Å². The fourth-order valence-electron chi connectivity index (χ4n) is 3.71. The quantitative estimate of drug-likeness (QED) is 0.863. The fourth-order valence-corrected chi connectivity index (χ4v) is 4.20. The van der Waals surface area contributed by atoms with E-state index in [4.69, 9.17) is 5.73 Å². The van der Waals surface area contributed by atoms with E-state index in [1.165, 1.54) is 44.9 Å². The molecule has 1 aliphatic carbocycles. The summed E-state index contributed by atoms with van der Waals surface area (Å²) in [6.07, 6.45) is 12.1. The summed E-state index contributed by atoms with van der Waals surface area (Å²) in [5, 5.41) is 0. The number of nitrogens with two attached hydrogens (primary N) is 1. The molecule has 4 heteroatoms. The second-order valence-electron chi connectivity index (χ2n) is 6.31. The Labute approximate surface area is 121 Å². The second kappa shape index (κ2) is 6.98. The number of likely N-dealkylation sites (tertiary alicyclic amines) is 1. The first-order valence-electron chi connectivity index (χ1n) is 7.70. The van der Waals surface area contributed by atoms with Crippen molar-refractivity contribution in [3.63, 3.8) is 0 Å². The minimum Gasteiger partial charge on any atom is -0.341 e. The highest BCUT2D eigenvalue weighted by Crippen LogP contribution is 2.43. The van der Waals surface area contributed by atoms with E-state index in [0.717, 1.165) is 25.3 Å². The van der Waals surface area contributed by atoms with Crippen LogP contribution in [-0.4, -0.2) is 41.9 Å². The maximum atomic E-state index is 12.4. The highest BCUT2D eigenvalue weighted by atomic mass is 32.2. The largest absolute Gasteiger partial charge is 0.341 e. The molecule has 110 valence electrons. The molecule has 0 aromatic rings. The zero-order valence-electron chi connectivity index (χ0n) is 12.2. The summed E-state index contributed by atoms with van der Waals surface area (Å²) >= 11 is 1.76. The smallest absolute Gasteiger partial charge is 0.239 e. The minimum atomic E-state index is -0.286. The summed E-state index contributed by atoms with van der Waals surface area (Å²) < 4.78 is 0. The number of piperidine rings is 1. The highest BCUT2D eigenvalue weighted by molar-refractivity contribution is 7.98. The maximum absolute atomic E-state index is 12.4. The number of hydrogen-bond acceptors (Lipinski definition) is 3. The number of hydrogen-bond donors (Lipinski definition) is 1. The standard InChI is InChI=1S/C15H28N2OS/c1-19-11-6-13(16)14(18)17-10-5-9-15(12-17)7-3-2-4-8-15/h13H,2-12,16H2,1H3/t13-/m0/s1. The summed E-state index contributed by atoms with van der Waals surface area (Å²) in [7, 11) is 0. The molecule has 2 fully saturated rings. The van der Waals surface area contributed by atoms with Crippen LogP contribution >= 0.6 is 11.8 Å². The molecule has 3 nitrogen and oxygen atoms in total. The zero-order valence-corrected chi connectivity index (χ0v) is 13.0. The Hall–Kier alpha value is -0.220. The summed E-state index contributed by atoms with van der Waals surface area (Å²) in [6, 6.07) is -0.286. The molecule has 0 bridgehead atoms. The molecule has 2 aliphatic rings. The second-order valence-corrected chi connectivity index (χ2v) is 7.30. The zero-order chi connectivity index (χ0) is 13.7. The van der Waals surface area contributed by atoms with Crippen molar-refractivity contribution >= 4 is 17.7 Å². The van der Waals surface area contributed by atoms with Gasteiger partial charge < -0.3 is 10.6 Å². The molecular formula is C15H28N2OS. The van der Waals surface area contributed by atoms with Crippen molar-refractivity contribution < 1.29 is 4.79 Å². The Kier molecular flexibility index (Phi) is 5.58. The third kappa shape index (κ3) is 3.88. The van der Waals surface area contributed by atoms with E-state index in [1.54, 1.807) is 11.8 Å². The van der Waals surface area contributed by atoms with Crippen LogP contribution in [0.5, 0.6) is 0 Å². The van der Waals surface area contributed by atoms with Crippen molar-refractivity contribution in [3.05, 3.63) is 0 Å². The van der Waals surface area contributed by atoms with E-state index in [9.17, 15) is 4.79 Å². The Morgan fingerprint density at radius 2 is 1.95 bits per heavy atom. The van der Waals surface area contributed by atoms with Crippen LogP contribution < -0.4 is 5.73 Å². The van der Waals surface area contributed by atoms with E-state index in [0.29, 0.717) is 5.41 Å². The molecule has 2 N–H and O–H groups in total. The van der Waals surface area contributed by atoms with Gasteiger partial charge >= 0.3 is 0 Å². The molecule has 1 saturated heterocycles. The topological polar surface area (TPSA) is 46.3 Å². The van der Waals surface area contributed by atoms with Gasteiger partial charge in [0.25, 0.3) is 0 Å². The van der Waals surface area contributed by atoms with Crippen LogP contribution in [0.4, 0.5) is 0 Å². The van der Waals surface area contributed by atoms with Crippen molar-refractivity contribution in [2.24, 2.45) is 11.1 Å². The SMILES string of the molecule is CSCC[C@H](N)C(=O)N1CCCC2(CCCCC2)C1. The Morgan fingerprint density at radius 3 is 2.63 bits per heavy atom. The van der Waals surface area contributed by atoms with E-state index < -0.39 is 0 Å². The van der Waals surface area contributed by atoms with Gasteiger partial charge in [0, 0.05) is 13.1 Å². The van der Waals surface area contributed by atoms with E-state index >= 15 is 0 Å². The normalized spacial score (nSPS) is 24.4. The van der Waals surface area contributed by atoms with Crippen molar-refractivity contribution in [2.75, 3.05) is 25.1 Å². The average Bonchev–Trinajstić information content (AvgIpc) is 2.45. The van der Waals surface area contributed by atoms with Crippen LogP contribution in [0.2, 0.25) is 0 Å². The molecule has 1 amide bonds. The van der Waals surface area contributed by atoms with Crippen LogP contribution in [-0.2, 0) is 4.79 Å². The lowest BCUT2D eigenvalue weighted by Crippen LogP contribution is -2.52. The highest BCUT2D eigenvalue weighted by Gasteiger charge is 2.38. The molecule has 0 aromatic carbocycles. The van der Waals surface area contributed by atoms with Gasteiger partial charge in [0.15, 0.2) is 0 Å². The number of carbonyl (C=O) groups is 1. The maximum Gasteiger partial charge on any atom is 0.239 e. The first-order valence-corrected chi connectivity index (χ1v) is 9.10. The molecule has 1 aliphatic heterocycles. The fraction of sp³-hybridized carbons (Fsp3) is 0.933. The van der Waals surface area contributed by atoms with Crippen LogP contribution in [0.3, 0.4) is 0 Å². The van der Waals surface area contributed by atoms with Crippen LogP contribution in [0, 0.1) is 5.41 Å². The van der Waals surface area contributed by atoms with E-state index in [2.05, 4.69) is 11.2 Å². The van der Waals surface area contributed by atoms with Gasteiger partial charge in [0.2, 0.25) is 5.91 Å². The van der Waals surface area contributed by atoms with E-state index in [1.807, 2.05) is 0 Å². The summed E-state index contributed by atoms with van der Waals surface area (Å²) in [5.74, 6) is 1.17. The minimum absolute atomic E-state index is 0.193. The predicted molar refractivity (Wildman–Crippen MR) is 82.3 cm³/mol. The van der Waals surface area contributed by atoms with Gasteiger partial charge in [-0.1, -0.05) is 19.3 Å². The summed E-state index contributed by atoms with van der Waals surface area (Å²) in [5.41, 5.74) is 6.48. The van der Waals surface area contributed by atoms with Crippen molar-refractivity contribution in [1.29, 1.82) is 0 Å². The molecule has 2 rings (SSSR count). The Balaban J connectivity index is 1.91. The van der Waals surface area contributed by atoms with Gasteiger partial charge in [-0.05, 0) is 49.5 Å². The molecule has 1 heterocycles. The first-order chi connectivity index (χ1) is 9.17.